The molecule has 4 nitrogen and oxygen atoms in total. The van der Waals surface area contributed by atoms with Crippen LogP contribution in [0.5, 0.6) is 0 Å². The number of hydrogen-bond acceptors (Lipinski definition) is 3. The summed E-state index contributed by atoms with van der Waals surface area (Å²) >= 11 is 3.45. The molecule has 6 heteroatoms. The van der Waals surface area contributed by atoms with E-state index in [0.717, 1.165) is 23.0 Å². The molecule has 0 saturated carbocycles. The first kappa shape index (κ1) is 17.6. The number of hydrogen-bond donors (Lipinski definition) is 1. The highest BCUT2D eigenvalue weighted by atomic mass is 79.9. The minimum absolute atomic E-state index is 0.377. The maximum Gasteiger partial charge on any atom is 0.218 e. The molecule has 0 saturated heterocycles. The number of rotatable bonds is 8. The van der Waals surface area contributed by atoms with E-state index in [1.165, 1.54) is 4.31 Å². The van der Waals surface area contributed by atoms with Crippen LogP contribution >= 0.6 is 15.9 Å². The van der Waals surface area contributed by atoms with Crippen LogP contribution in [0, 0.1) is 0 Å². The Labute approximate surface area is 130 Å². The summed E-state index contributed by atoms with van der Waals surface area (Å²) in [4.78, 5) is 0. The van der Waals surface area contributed by atoms with Gasteiger partial charge in [0.25, 0.3) is 0 Å². The lowest BCUT2D eigenvalue weighted by Crippen LogP contribution is -2.40. The van der Waals surface area contributed by atoms with Gasteiger partial charge in [-0.3, -0.25) is 0 Å². The normalized spacial score (nSPS) is 13.7. The van der Waals surface area contributed by atoms with Crippen LogP contribution in [0.25, 0.3) is 0 Å². The van der Waals surface area contributed by atoms with Gasteiger partial charge in [-0.25, -0.2) is 12.7 Å². The molecule has 114 valence electrons. The summed E-state index contributed by atoms with van der Waals surface area (Å²) in [7, 11) is -1.65. The maximum atomic E-state index is 12.4. The van der Waals surface area contributed by atoms with Crippen molar-refractivity contribution in [1.82, 2.24) is 9.62 Å². The quantitative estimate of drug-likeness (QED) is 0.723. The third-order valence-corrected chi connectivity index (χ3v) is 6.11. The van der Waals surface area contributed by atoms with E-state index in [1.54, 1.807) is 14.0 Å². The SMILES string of the molecule is CCCNCC(C)S(=O)(=O)N(C)Cc1ccccc1Br. The van der Waals surface area contributed by atoms with Crippen molar-refractivity contribution >= 4 is 26.0 Å². The Balaban J connectivity index is 2.69. The van der Waals surface area contributed by atoms with Crippen molar-refractivity contribution in [3.05, 3.63) is 34.3 Å². The van der Waals surface area contributed by atoms with E-state index in [9.17, 15) is 8.42 Å². The smallest absolute Gasteiger partial charge is 0.218 e. The fourth-order valence-electron chi connectivity index (χ4n) is 1.85. The zero-order valence-corrected chi connectivity index (χ0v) is 14.7. The lowest BCUT2D eigenvalue weighted by atomic mass is 10.2. The summed E-state index contributed by atoms with van der Waals surface area (Å²) in [6.07, 6.45) is 1.000. The van der Waals surface area contributed by atoms with Crippen LogP contribution < -0.4 is 5.32 Å². The largest absolute Gasteiger partial charge is 0.315 e. The van der Waals surface area contributed by atoms with Crippen LogP contribution in [-0.2, 0) is 16.6 Å². The molecule has 0 aromatic heterocycles. The third kappa shape index (κ3) is 4.84. The highest BCUT2D eigenvalue weighted by molar-refractivity contribution is 9.10. The molecule has 0 amide bonds. The molecule has 0 aliphatic carbocycles. The summed E-state index contributed by atoms with van der Waals surface area (Å²) in [6.45, 7) is 5.51. The van der Waals surface area contributed by atoms with Crippen molar-refractivity contribution in [3.63, 3.8) is 0 Å². The van der Waals surface area contributed by atoms with Crippen molar-refractivity contribution in [1.29, 1.82) is 0 Å². The summed E-state index contributed by atoms with van der Waals surface area (Å²) in [5.74, 6) is 0. The van der Waals surface area contributed by atoms with Gasteiger partial charge in [-0.15, -0.1) is 0 Å². The number of sulfonamides is 1. The van der Waals surface area contributed by atoms with E-state index in [4.69, 9.17) is 0 Å². The minimum Gasteiger partial charge on any atom is -0.315 e. The number of nitrogens with zero attached hydrogens (tertiary/aromatic N) is 1. The monoisotopic (exact) mass is 362 g/mol. The van der Waals surface area contributed by atoms with Crippen molar-refractivity contribution in [2.75, 3.05) is 20.1 Å². The van der Waals surface area contributed by atoms with Gasteiger partial charge in [0, 0.05) is 24.6 Å². The lowest BCUT2D eigenvalue weighted by molar-refractivity contribution is 0.453. The van der Waals surface area contributed by atoms with Crippen molar-refractivity contribution in [2.45, 2.75) is 32.1 Å². The van der Waals surface area contributed by atoms with Crippen LogP contribution in [0.1, 0.15) is 25.8 Å². The van der Waals surface area contributed by atoms with Gasteiger partial charge >= 0.3 is 0 Å². The van der Waals surface area contributed by atoms with Crippen LogP contribution in [0.2, 0.25) is 0 Å². The van der Waals surface area contributed by atoms with Crippen LogP contribution in [0.4, 0.5) is 0 Å². The number of benzene rings is 1. The lowest BCUT2D eigenvalue weighted by Gasteiger charge is -2.22. The molecule has 1 aromatic carbocycles. The van der Waals surface area contributed by atoms with Gasteiger partial charge in [0.1, 0.15) is 0 Å². The Hall–Kier alpha value is -0.430. The number of nitrogens with one attached hydrogen (secondary N) is 1. The fourth-order valence-corrected chi connectivity index (χ4v) is 3.52. The second-order valence-corrected chi connectivity index (χ2v) is 8.22. The molecular formula is C14H23BrN2O2S. The summed E-state index contributed by atoms with van der Waals surface area (Å²) < 4.78 is 27.2. The molecule has 0 fully saturated rings. The molecule has 0 aliphatic rings. The van der Waals surface area contributed by atoms with Gasteiger partial charge < -0.3 is 5.32 Å². The van der Waals surface area contributed by atoms with Gasteiger partial charge in [-0.05, 0) is 31.5 Å². The van der Waals surface area contributed by atoms with Crippen molar-refractivity contribution < 1.29 is 8.42 Å². The molecule has 0 heterocycles. The van der Waals surface area contributed by atoms with Crippen molar-refractivity contribution in [2.24, 2.45) is 0 Å². The second-order valence-electron chi connectivity index (χ2n) is 4.91. The molecule has 0 aliphatic heterocycles. The van der Waals surface area contributed by atoms with Gasteiger partial charge in [-0.2, -0.15) is 0 Å². The standard InChI is InChI=1S/C14H23BrN2O2S/c1-4-9-16-10-12(2)20(18,19)17(3)11-13-7-5-6-8-14(13)15/h5-8,12,16H,4,9-11H2,1-3H3. The highest BCUT2D eigenvalue weighted by Crippen LogP contribution is 2.19. The maximum absolute atomic E-state index is 12.4. The Morgan fingerprint density at radius 2 is 2.00 bits per heavy atom. The van der Waals surface area contributed by atoms with E-state index < -0.39 is 15.3 Å². The molecule has 0 radical (unpaired) electrons. The predicted octanol–water partition coefficient (Wildman–Crippen LogP) is 2.60. The minimum atomic E-state index is -3.28. The van der Waals surface area contributed by atoms with E-state index >= 15 is 0 Å². The first-order valence-electron chi connectivity index (χ1n) is 6.78. The van der Waals surface area contributed by atoms with Gasteiger partial charge in [0.15, 0.2) is 0 Å². The zero-order valence-electron chi connectivity index (χ0n) is 12.3. The van der Waals surface area contributed by atoms with Crippen LogP contribution in [-0.4, -0.2) is 38.1 Å². The Bertz CT molecular complexity index is 520. The van der Waals surface area contributed by atoms with E-state index in [2.05, 4.69) is 28.2 Å². The van der Waals surface area contributed by atoms with Crippen LogP contribution in [0.3, 0.4) is 0 Å². The molecule has 0 bridgehead atoms. The Morgan fingerprint density at radius 1 is 1.35 bits per heavy atom. The molecular weight excluding hydrogens is 340 g/mol. The average molecular weight is 363 g/mol. The molecule has 1 atom stereocenters. The summed E-state index contributed by atoms with van der Waals surface area (Å²) in [6, 6.07) is 7.67. The predicted molar refractivity (Wildman–Crippen MR) is 87.2 cm³/mol. The zero-order chi connectivity index (χ0) is 15.2. The fraction of sp³-hybridized carbons (Fsp3) is 0.571. The summed E-state index contributed by atoms with van der Waals surface area (Å²) in [5, 5.41) is 2.73. The first-order chi connectivity index (χ1) is 9.39. The second kappa shape index (κ2) is 8.12. The Kier molecular flexibility index (Phi) is 7.15. The van der Waals surface area contributed by atoms with Gasteiger partial charge in [-0.1, -0.05) is 41.1 Å². The van der Waals surface area contributed by atoms with Crippen LogP contribution in [0.15, 0.2) is 28.7 Å². The highest BCUT2D eigenvalue weighted by Gasteiger charge is 2.25. The molecule has 1 N–H and O–H groups in total. The number of halogens is 1. The van der Waals surface area contributed by atoms with E-state index in [0.29, 0.717) is 13.1 Å². The first-order valence-corrected chi connectivity index (χ1v) is 9.08. The van der Waals surface area contributed by atoms with Crippen molar-refractivity contribution in [3.8, 4) is 0 Å². The van der Waals surface area contributed by atoms with Gasteiger partial charge in [0.2, 0.25) is 10.0 Å². The van der Waals surface area contributed by atoms with E-state index in [-0.39, 0.29) is 0 Å². The molecule has 1 unspecified atom stereocenters. The summed E-state index contributed by atoms with van der Waals surface area (Å²) in [5.41, 5.74) is 0.965. The van der Waals surface area contributed by atoms with E-state index in [1.807, 2.05) is 24.3 Å². The van der Waals surface area contributed by atoms with Gasteiger partial charge in [0.05, 0.1) is 5.25 Å². The molecule has 1 aromatic rings. The topological polar surface area (TPSA) is 49.4 Å². The molecule has 20 heavy (non-hydrogen) atoms. The Morgan fingerprint density at radius 3 is 2.60 bits per heavy atom. The third-order valence-electron chi connectivity index (χ3n) is 3.15. The molecule has 0 spiro atoms. The molecule has 1 rings (SSSR count). The average Bonchev–Trinajstić information content (AvgIpc) is 2.41.